The Labute approximate surface area is 190 Å². The zero-order chi connectivity index (χ0) is 23.4. The predicted octanol–water partition coefficient (Wildman–Crippen LogP) is 3.51. The van der Waals surface area contributed by atoms with E-state index < -0.39 is 5.97 Å². The number of rotatable bonds is 8. The zero-order valence-corrected chi connectivity index (χ0v) is 18.6. The molecule has 0 aliphatic carbocycles. The molecule has 0 N–H and O–H groups in total. The lowest BCUT2D eigenvalue weighted by molar-refractivity contribution is 0.0474. The van der Waals surface area contributed by atoms with E-state index in [1.54, 1.807) is 30.3 Å². The highest BCUT2D eigenvalue weighted by Crippen LogP contribution is 2.23. The van der Waals surface area contributed by atoms with Crippen LogP contribution in [-0.2, 0) is 4.74 Å². The van der Waals surface area contributed by atoms with E-state index in [4.69, 9.17) is 9.47 Å². The maximum atomic E-state index is 12.9. The number of benzene rings is 2. The Morgan fingerprint density at radius 2 is 1.76 bits per heavy atom. The van der Waals surface area contributed by atoms with Crippen molar-refractivity contribution in [2.45, 2.75) is 20.8 Å². The first-order chi connectivity index (χ1) is 16.0. The Morgan fingerprint density at radius 3 is 2.45 bits per heavy atom. The number of Topliss-reactive ketones (excluding diaryl/α,β-unsaturated/α-hetero) is 1. The number of para-hydroxylation sites is 1. The predicted molar refractivity (Wildman–Crippen MR) is 120 cm³/mol. The van der Waals surface area contributed by atoms with E-state index in [1.165, 1.54) is 11.0 Å². The normalized spacial score (nSPS) is 10.8. The van der Waals surface area contributed by atoms with Crippen LogP contribution in [0.25, 0.3) is 11.4 Å². The molecular formula is C24H23N5O4. The van der Waals surface area contributed by atoms with Gasteiger partial charge in [0.2, 0.25) is 5.78 Å². The molecule has 0 aliphatic heterocycles. The van der Waals surface area contributed by atoms with Crippen LogP contribution in [0.5, 0.6) is 5.75 Å². The molecule has 0 spiro atoms. The Bertz CT molecular complexity index is 1280. The topological polar surface area (TPSA) is 101 Å². The number of ketones is 1. The van der Waals surface area contributed by atoms with Gasteiger partial charge in [0.05, 0.1) is 17.9 Å². The molecule has 0 bridgehead atoms. The number of hydrogen-bond acceptors (Lipinski definition) is 7. The smallest absolute Gasteiger partial charge is 0.340 e. The summed E-state index contributed by atoms with van der Waals surface area (Å²) in [4.78, 5) is 25.6. The van der Waals surface area contributed by atoms with Gasteiger partial charge in [0.25, 0.3) is 0 Å². The fourth-order valence-electron chi connectivity index (χ4n) is 3.70. The maximum Gasteiger partial charge on any atom is 0.340 e. The monoisotopic (exact) mass is 445 g/mol. The van der Waals surface area contributed by atoms with Gasteiger partial charge in [0, 0.05) is 22.6 Å². The molecule has 0 saturated carbocycles. The molecule has 0 saturated heterocycles. The minimum Gasteiger partial charge on any atom is -0.494 e. The summed E-state index contributed by atoms with van der Waals surface area (Å²) < 4.78 is 14.2. The van der Waals surface area contributed by atoms with Crippen molar-refractivity contribution in [2.24, 2.45) is 0 Å². The van der Waals surface area contributed by atoms with Crippen molar-refractivity contribution >= 4 is 11.8 Å². The number of tetrazole rings is 1. The lowest BCUT2D eigenvalue weighted by atomic mass is 10.1. The number of aromatic nitrogens is 5. The van der Waals surface area contributed by atoms with Gasteiger partial charge >= 0.3 is 5.97 Å². The summed E-state index contributed by atoms with van der Waals surface area (Å²) in [5.41, 5.74) is 3.82. The van der Waals surface area contributed by atoms with E-state index in [9.17, 15) is 9.59 Å². The lowest BCUT2D eigenvalue weighted by Gasteiger charge is -2.11. The Kier molecular flexibility index (Phi) is 6.30. The molecule has 0 unspecified atom stereocenters. The number of esters is 1. The number of ether oxygens (including phenoxy) is 2. The van der Waals surface area contributed by atoms with Gasteiger partial charge in [-0.05, 0) is 73.7 Å². The number of nitrogens with zero attached hydrogens (tertiary/aromatic N) is 5. The average Bonchev–Trinajstić information content (AvgIpc) is 3.46. The Hall–Kier alpha value is -4.27. The molecule has 0 fully saturated rings. The molecule has 9 heteroatoms. The van der Waals surface area contributed by atoms with E-state index in [-0.39, 0.29) is 18.0 Å². The highest BCUT2D eigenvalue weighted by Gasteiger charge is 2.20. The second-order valence-electron chi connectivity index (χ2n) is 7.32. The largest absolute Gasteiger partial charge is 0.494 e. The van der Waals surface area contributed by atoms with Crippen LogP contribution in [0.4, 0.5) is 0 Å². The van der Waals surface area contributed by atoms with Crippen molar-refractivity contribution in [3.8, 4) is 17.1 Å². The molecule has 0 aliphatic rings. The summed E-state index contributed by atoms with van der Waals surface area (Å²) >= 11 is 0. The molecule has 168 valence electrons. The van der Waals surface area contributed by atoms with Crippen LogP contribution in [-0.4, -0.2) is 49.7 Å². The number of hydrogen-bond donors (Lipinski definition) is 0. The second kappa shape index (κ2) is 9.47. The number of carbonyl (C=O) groups is 2. The molecule has 2 heterocycles. The van der Waals surface area contributed by atoms with Crippen molar-refractivity contribution in [3.05, 3.63) is 83.4 Å². The summed E-state index contributed by atoms with van der Waals surface area (Å²) in [6, 6.07) is 16.2. The summed E-state index contributed by atoms with van der Waals surface area (Å²) in [5, 5.41) is 11.0. The standard InChI is InChI=1S/C24H23N5O4/c1-4-32-19-11-9-18(10-12-19)29-16(2)13-21(17(29)3)23(30)14-33-24(31)20-7-5-6-8-22(20)28-15-25-26-27-28/h5-13,15H,4,14H2,1-3H3. The highest BCUT2D eigenvalue weighted by atomic mass is 16.5. The third-order valence-electron chi connectivity index (χ3n) is 5.19. The Morgan fingerprint density at radius 1 is 1.00 bits per heavy atom. The maximum absolute atomic E-state index is 12.9. The zero-order valence-electron chi connectivity index (χ0n) is 18.6. The van der Waals surface area contributed by atoms with Crippen LogP contribution in [0.2, 0.25) is 0 Å². The van der Waals surface area contributed by atoms with Crippen LogP contribution >= 0.6 is 0 Å². The van der Waals surface area contributed by atoms with E-state index in [0.29, 0.717) is 17.9 Å². The molecule has 33 heavy (non-hydrogen) atoms. The summed E-state index contributed by atoms with van der Waals surface area (Å²) in [6.45, 7) is 5.94. The van der Waals surface area contributed by atoms with Gasteiger partial charge in [-0.1, -0.05) is 12.1 Å². The molecule has 2 aromatic heterocycles. The lowest BCUT2D eigenvalue weighted by Crippen LogP contribution is -2.16. The molecule has 9 nitrogen and oxygen atoms in total. The van der Waals surface area contributed by atoms with Crippen molar-refractivity contribution in [1.29, 1.82) is 0 Å². The van der Waals surface area contributed by atoms with E-state index in [0.717, 1.165) is 22.8 Å². The molecule has 4 rings (SSSR count). The van der Waals surface area contributed by atoms with E-state index in [2.05, 4.69) is 15.5 Å². The molecule has 0 atom stereocenters. The third kappa shape index (κ3) is 4.52. The first kappa shape index (κ1) is 21.9. The summed E-state index contributed by atoms with van der Waals surface area (Å²) in [5.74, 6) is -0.128. The van der Waals surface area contributed by atoms with Gasteiger partial charge in [0.1, 0.15) is 12.1 Å². The van der Waals surface area contributed by atoms with Crippen molar-refractivity contribution in [1.82, 2.24) is 24.8 Å². The van der Waals surface area contributed by atoms with Crippen molar-refractivity contribution in [2.75, 3.05) is 13.2 Å². The van der Waals surface area contributed by atoms with Gasteiger partial charge in [-0.25, -0.2) is 4.79 Å². The summed E-state index contributed by atoms with van der Waals surface area (Å²) in [6.07, 6.45) is 1.38. The quantitative estimate of drug-likeness (QED) is 0.302. The average molecular weight is 445 g/mol. The van der Waals surface area contributed by atoms with Crippen LogP contribution < -0.4 is 4.74 Å². The minimum absolute atomic E-state index is 0.262. The van der Waals surface area contributed by atoms with Crippen LogP contribution in [0.1, 0.15) is 39.0 Å². The first-order valence-corrected chi connectivity index (χ1v) is 10.4. The van der Waals surface area contributed by atoms with Crippen molar-refractivity contribution in [3.63, 3.8) is 0 Å². The van der Waals surface area contributed by atoms with Crippen LogP contribution in [0.3, 0.4) is 0 Å². The Balaban J connectivity index is 1.50. The van der Waals surface area contributed by atoms with E-state index in [1.807, 2.05) is 49.6 Å². The fraction of sp³-hybridized carbons (Fsp3) is 0.208. The van der Waals surface area contributed by atoms with Crippen LogP contribution in [0.15, 0.2) is 60.9 Å². The molecular weight excluding hydrogens is 422 g/mol. The van der Waals surface area contributed by atoms with Gasteiger partial charge < -0.3 is 14.0 Å². The van der Waals surface area contributed by atoms with Gasteiger partial charge in [0.15, 0.2) is 6.61 Å². The second-order valence-corrected chi connectivity index (χ2v) is 7.32. The minimum atomic E-state index is -0.630. The van der Waals surface area contributed by atoms with Gasteiger partial charge in [-0.15, -0.1) is 5.10 Å². The van der Waals surface area contributed by atoms with Gasteiger partial charge in [-0.3, -0.25) is 4.79 Å². The van der Waals surface area contributed by atoms with Gasteiger partial charge in [-0.2, -0.15) is 4.68 Å². The van der Waals surface area contributed by atoms with E-state index >= 15 is 0 Å². The highest BCUT2D eigenvalue weighted by molar-refractivity contribution is 6.01. The number of carbonyl (C=O) groups excluding carboxylic acids is 2. The number of aryl methyl sites for hydroxylation is 1. The fourth-order valence-corrected chi connectivity index (χ4v) is 3.70. The van der Waals surface area contributed by atoms with Crippen LogP contribution in [0, 0.1) is 13.8 Å². The SMILES string of the molecule is CCOc1ccc(-n2c(C)cc(C(=O)COC(=O)c3ccccc3-n3cnnn3)c2C)cc1. The first-order valence-electron chi connectivity index (χ1n) is 10.4. The molecule has 0 radical (unpaired) electrons. The molecule has 0 amide bonds. The van der Waals surface area contributed by atoms with Crippen molar-refractivity contribution < 1.29 is 19.1 Å². The third-order valence-corrected chi connectivity index (χ3v) is 5.19. The molecule has 2 aromatic carbocycles. The summed E-state index contributed by atoms with van der Waals surface area (Å²) in [7, 11) is 0. The molecule has 4 aromatic rings.